The molecule has 10 nitrogen and oxygen atoms in total. The second-order valence-corrected chi connectivity index (χ2v) is 9.14. The summed E-state index contributed by atoms with van der Waals surface area (Å²) in [6, 6.07) is 6.61. The number of likely N-dealkylation sites (tertiary alicyclic amines) is 1. The van der Waals surface area contributed by atoms with Crippen molar-refractivity contribution >= 4 is 27.7 Å². The molecule has 1 fully saturated rings. The molecule has 1 aromatic heterocycles. The van der Waals surface area contributed by atoms with Gasteiger partial charge in [-0.3, -0.25) is 9.59 Å². The number of sulfonamides is 1. The lowest BCUT2D eigenvalue weighted by Crippen LogP contribution is -2.50. The van der Waals surface area contributed by atoms with Crippen LogP contribution in [0.3, 0.4) is 0 Å². The molecule has 2 amide bonds. The van der Waals surface area contributed by atoms with Crippen LogP contribution in [-0.2, 0) is 19.6 Å². The molecule has 0 bridgehead atoms. The van der Waals surface area contributed by atoms with Gasteiger partial charge >= 0.3 is 0 Å². The van der Waals surface area contributed by atoms with Gasteiger partial charge in [0.25, 0.3) is 0 Å². The lowest BCUT2D eigenvalue weighted by molar-refractivity contribution is -0.135. The SMILES string of the molecule is COc1ccc(S(=O)(=O)N[C@@H](C)C(=O)N2CCC(C(=O)Nc3cc(C)on3)CC2)cc1. The van der Waals surface area contributed by atoms with Crippen LogP contribution in [0.4, 0.5) is 5.82 Å². The third-order valence-corrected chi connectivity index (χ3v) is 6.69. The van der Waals surface area contributed by atoms with E-state index < -0.39 is 16.1 Å². The van der Waals surface area contributed by atoms with Crippen LogP contribution >= 0.6 is 0 Å². The Kier molecular flexibility index (Phi) is 6.96. The van der Waals surface area contributed by atoms with Crippen molar-refractivity contribution in [1.82, 2.24) is 14.8 Å². The fourth-order valence-corrected chi connectivity index (χ4v) is 4.59. The number of hydrogen-bond donors (Lipinski definition) is 2. The van der Waals surface area contributed by atoms with Crippen LogP contribution in [0.15, 0.2) is 39.8 Å². The van der Waals surface area contributed by atoms with E-state index >= 15 is 0 Å². The number of nitrogens with zero attached hydrogens (tertiary/aromatic N) is 2. The van der Waals surface area contributed by atoms with E-state index in [1.54, 1.807) is 17.9 Å². The molecule has 0 aliphatic carbocycles. The van der Waals surface area contributed by atoms with E-state index in [2.05, 4.69) is 15.2 Å². The number of piperidine rings is 1. The topological polar surface area (TPSA) is 131 Å². The highest BCUT2D eigenvalue weighted by Gasteiger charge is 2.31. The molecule has 0 spiro atoms. The number of nitrogens with one attached hydrogen (secondary N) is 2. The highest BCUT2D eigenvalue weighted by molar-refractivity contribution is 7.89. The number of rotatable bonds is 7. The first kappa shape index (κ1) is 22.8. The summed E-state index contributed by atoms with van der Waals surface area (Å²) in [4.78, 5) is 26.7. The van der Waals surface area contributed by atoms with Crippen LogP contribution in [0, 0.1) is 12.8 Å². The molecule has 11 heteroatoms. The molecular formula is C20H26N4O6S. The Morgan fingerprint density at radius 1 is 1.23 bits per heavy atom. The fraction of sp³-hybridized carbons (Fsp3) is 0.450. The minimum atomic E-state index is -3.86. The van der Waals surface area contributed by atoms with Crippen molar-refractivity contribution in [1.29, 1.82) is 0 Å². The van der Waals surface area contributed by atoms with Crippen molar-refractivity contribution in [2.24, 2.45) is 5.92 Å². The molecule has 2 aromatic rings. The van der Waals surface area contributed by atoms with Gasteiger partial charge in [0.2, 0.25) is 21.8 Å². The molecule has 1 aromatic carbocycles. The Hall–Kier alpha value is -2.92. The van der Waals surface area contributed by atoms with Crippen molar-refractivity contribution in [3.05, 3.63) is 36.1 Å². The van der Waals surface area contributed by atoms with Gasteiger partial charge in [-0.15, -0.1) is 0 Å². The Morgan fingerprint density at radius 3 is 2.42 bits per heavy atom. The molecule has 31 heavy (non-hydrogen) atoms. The molecule has 1 aliphatic rings. The monoisotopic (exact) mass is 450 g/mol. The highest BCUT2D eigenvalue weighted by Crippen LogP contribution is 2.21. The molecule has 1 atom stereocenters. The number of hydrogen-bond acceptors (Lipinski definition) is 7. The van der Waals surface area contributed by atoms with Gasteiger partial charge in [-0.1, -0.05) is 5.16 Å². The number of aromatic nitrogens is 1. The molecule has 2 N–H and O–H groups in total. The molecular weight excluding hydrogens is 424 g/mol. The van der Waals surface area contributed by atoms with Gasteiger partial charge in [-0.05, 0) is 51.0 Å². The van der Waals surface area contributed by atoms with Crippen molar-refractivity contribution in [3.8, 4) is 5.75 Å². The number of benzene rings is 1. The van der Waals surface area contributed by atoms with E-state index in [1.807, 2.05) is 0 Å². The number of carbonyl (C=O) groups excluding carboxylic acids is 2. The number of carbonyl (C=O) groups is 2. The van der Waals surface area contributed by atoms with Crippen molar-refractivity contribution in [3.63, 3.8) is 0 Å². The quantitative estimate of drug-likeness (QED) is 0.654. The average Bonchev–Trinajstić information content (AvgIpc) is 3.17. The summed E-state index contributed by atoms with van der Waals surface area (Å²) in [5, 5.41) is 6.45. The Balaban J connectivity index is 1.52. The zero-order valence-electron chi connectivity index (χ0n) is 17.6. The van der Waals surface area contributed by atoms with E-state index in [4.69, 9.17) is 9.26 Å². The molecule has 2 heterocycles. The maximum atomic E-state index is 12.7. The van der Waals surface area contributed by atoms with Gasteiger partial charge in [0.1, 0.15) is 11.5 Å². The van der Waals surface area contributed by atoms with Crippen molar-refractivity contribution < 1.29 is 27.3 Å². The van der Waals surface area contributed by atoms with Crippen molar-refractivity contribution in [2.75, 3.05) is 25.5 Å². The Morgan fingerprint density at radius 2 is 1.87 bits per heavy atom. The Bertz CT molecular complexity index is 1030. The van der Waals surface area contributed by atoms with E-state index in [1.165, 1.54) is 38.3 Å². The largest absolute Gasteiger partial charge is 0.497 e. The third-order valence-electron chi connectivity index (χ3n) is 5.13. The molecule has 0 saturated carbocycles. The van der Waals surface area contributed by atoms with Gasteiger partial charge in [0.05, 0.1) is 18.0 Å². The molecule has 1 saturated heterocycles. The summed E-state index contributed by atoms with van der Waals surface area (Å²) >= 11 is 0. The zero-order chi connectivity index (χ0) is 22.6. The minimum Gasteiger partial charge on any atom is -0.497 e. The van der Waals surface area contributed by atoms with E-state index in [-0.39, 0.29) is 22.6 Å². The first-order valence-electron chi connectivity index (χ1n) is 9.89. The predicted octanol–water partition coefficient (Wildman–Crippen LogP) is 1.54. The zero-order valence-corrected chi connectivity index (χ0v) is 18.4. The Labute approximate surface area is 181 Å². The number of aryl methyl sites for hydroxylation is 1. The van der Waals surface area contributed by atoms with Crippen LogP contribution in [-0.4, -0.2) is 56.5 Å². The van der Waals surface area contributed by atoms with Gasteiger partial charge in [-0.2, -0.15) is 4.72 Å². The summed E-state index contributed by atoms with van der Waals surface area (Å²) in [5.41, 5.74) is 0. The summed E-state index contributed by atoms with van der Waals surface area (Å²) < 4.78 is 37.5. The number of methoxy groups -OCH3 is 1. The standard InChI is InChI=1S/C20H26N4O6S/c1-13-12-18(22-30-13)21-19(25)15-8-10-24(11-9-15)20(26)14(2)23-31(27,28)17-6-4-16(29-3)5-7-17/h4-7,12,14-15,23H,8-11H2,1-3H3,(H,21,22,25)/t14-/m0/s1. The molecule has 168 valence electrons. The maximum absolute atomic E-state index is 12.7. The fourth-order valence-electron chi connectivity index (χ4n) is 3.40. The van der Waals surface area contributed by atoms with Crippen LogP contribution in [0.5, 0.6) is 5.75 Å². The van der Waals surface area contributed by atoms with Crippen LogP contribution in [0.1, 0.15) is 25.5 Å². The minimum absolute atomic E-state index is 0.0476. The van der Waals surface area contributed by atoms with E-state index in [9.17, 15) is 18.0 Å². The smallest absolute Gasteiger partial charge is 0.241 e. The van der Waals surface area contributed by atoms with Gasteiger partial charge in [-0.25, -0.2) is 8.42 Å². The van der Waals surface area contributed by atoms with Crippen LogP contribution < -0.4 is 14.8 Å². The predicted molar refractivity (Wildman–Crippen MR) is 112 cm³/mol. The number of amides is 2. The first-order chi connectivity index (χ1) is 14.7. The molecule has 0 unspecified atom stereocenters. The number of anilines is 1. The highest BCUT2D eigenvalue weighted by atomic mass is 32.2. The molecule has 3 rings (SSSR count). The lowest BCUT2D eigenvalue weighted by Gasteiger charge is -2.33. The normalized spacial score (nSPS) is 16.0. The van der Waals surface area contributed by atoms with Crippen molar-refractivity contribution in [2.45, 2.75) is 37.6 Å². The molecule has 0 radical (unpaired) electrons. The lowest BCUT2D eigenvalue weighted by atomic mass is 9.95. The summed E-state index contributed by atoms with van der Waals surface area (Å²) in [6.07, 6.45) is 0.957. The average molecular weight is 451 g/mol. The van der Waals surface area contributed by atoms with Gasteiger partial charge in [0.15, 0.2) is 5.82 Å². The third kappa shape index (κ3) is 5.61. The van der Waals surface area contributed by atoms with Gasteiger partial charge in [0, 0.05) is 25.1 Å². The van der Waals surface area contributed by atoms with Crippen LogP contribution in [0.25, 0.3) is 0 Å². The summed E-state index contributed by atoms with van der Waals surface area (Å²) in [6.45, 7) is 3.97. The number of ether oxygens (including phenoxy) is 1. The maximum Gasteiger partial charge on any atom is 0.241 e. The molecule has 1 aliphatic heterocycles. The first-order valence-corrected chi connectivity index (χ1v) is 11.4. The van der Waals surface area contributed by atoms with E-state index in [0.29, 0.717) is 43.3 Å². The van der Waals surface area contributed by atoms with E-state index in [0.717, 1.165) is 0 Å². The summed E-state index contributed by atoms with van der Waals surface area (Å²) in [5.74, 6) is 0.738. The van der Waals surface area contributed by atoms with Crippen LogP contribution in [0.2, 0.25) is 0 Å². The second-order valence-electron chi connectivity index (χ2n) is 7.43. The second kappa shape index (κ2) is 9.48. The van der Waals surface area contributed by atoms with Gasteiger partial charge < -0.3 is 19.5 Å². The summed E-state index contributed by atoms with van der Waals surface area (Å²) in [7, 11) is -2.37.